The Kier molecular flexibility index (Phi) is 6.12. The molecule has 5 heteroatoms. The highest BCUT2D eigenvalue weighted by Gasteiger charge is 2.18. The third-order valence-electron chi connectivity index (χ3n) is 3.48. The number of halogens is 1. The van der Waals surface area contributed by atoms with Crippen LogP contribution in [0.1, 0.15) is 19.8 Å². The topological polar surface area (TPSA) is 58.4 Å². The van der Waals surface area contributed by atoms with Crippen molar-refractivity contribution in [2.24, 2.45) is 5.92 Å². The molecule has 1 aliphatic heterocycles. The second kappa shape index (κ2) is 7.36. The second-order valence-corrected chi connectivity index (χ2v) is 5.09. The quantitative estimate of drug-likeness (QED) is 0.837. The molecule has 1 saturated heterocycles. The van der Waals surface area contributed by atoms with E-state index in [9.17, 15) is 4.79 Å². The molecule has 1 aliphatic rings. The number of hydrogen-bond acceptors (Lipinski definition) is 3. The SMILES string of the molecule is CC1CCN(CC(=O)Nc2ccccc2N)CC1.Cl. The van der Waals surface area contributed by atoms with Crippen LogP contribution in [0.2, 0.25) is 0 Å². The molecule has 0 atom stereocenters. The molecule has 0 radical (unpaired) electrons. The summed E-state index contributed by atoms with van der Waals surface area (Å²) in [7, 11) is 0. The molecule has 0 aromatic heterocycles. The van der Waals surface area contributed by atoms with Gasteiger partial charge >= 0.3 is 0 Å². The molecular formula is C14H22ClN3O. The first-order valence-electron chi connectivity index (χ1n) is 6.52. The fourth-order valence-electron chi connectivity index (χ4n) is 2.22. The van der Waals surface area contributed by atoms with Crippen molar-refractivity contribution in [3.8, 4) is 0 Å². The van der Waals surface area contributed by atoms with Gasteiger partial charge in [-0.25, -0.2) is 0 Å². The summed E-state index contributed by atoms with van der Waals surface area (Å²) in [5.74, 6) is 0.802. The number of para-hydroxylation sites is 2. The molecule has 0 aliphatic carbocycles. The largest absolute Gasteiger partial charge is 0.397 e. The molecule has 0 saturated carbocycles. The predicted molar refractivity (Wildman–Crippen MR) is 81.6 cm³/mol. The zero-order valence-electron chi connectivity index (χ0n) is 11.3. The summed E-state index contributed by atoms with van der Waals surface area (Å²) >= 11 is 0. The molecule has 106 valence electrons. The number of carbonyl (C=O) groups excluding carboxylic acids is 1. The van der Waals surface area contributed by atoms with Crippen LogP contribution in [0.5, 0.6) is 0 Å². The molecule has 1 aromatic rings. The summed E-state index contributed by atoms with van der Waals surface area (Å²) in [6.07, 6.45) is 2.36. The third-order valence-corrected chi connectivity index (χ3v) is 3.48. The van der Waals surface area contributed by atoms with Crippen molar-refractivity contribution in [1.82, 2.24) is 4.90 Å². The van der Waals surface area contributed by atoms with Crippen molar-refractivity contribution >= 4 is 29.7 Å². The van der Waals surface area contributed by atoms with Crippen molar-refractivity contribution in [3.05, 3.63) is 24.3 Å². The molecule has 2 rings (SSSR count). The lowest BCUT2D eigenvalue weighted by Crippen LogP contribution is -2.38. The number of nitrogens with two attached hydrogens (primary N) is 1. The number of piperidine rings is 1. The minimum Gasteiger partial charge on any atom is -0.397 e. The van der Waals surface area contributed by atoms with Crippen LogP contribution in [0, 0.1) is 5.92 Å². The minimum atomic E-state index is 0. The van der Waals surface area contributed by atoms with Gasteiger partial charge in [0.25, 0.3) is 0 Å². The Hall–Kier alpha value is -1.26. The average molecular weight is 284 g/mol. The molecule has 1 amide bonds. The van der Waals surface area contributed by atoms with E-state index >= 15 is 0 Å². The van der Waals surface area contributed by atoms with Gasteiger partial charge in [0.1, 0.15) is 0 Å². The highest BCUT2D eigenvalue weighted by atomic mass is 35.5. The van der Waals surface area contributed by atoms with Crippen molar-refractivity contribution in [2.45, 2.75) is 19.8 Å². The minimum absolute atomic E-state index is 0. The number of carbonyl (C=O) groups is 1. The van der Waals surface area contributed by atoms with Crippen molar-refractivity contribution < 1.29 is 4.79 Å². The monoisotopic (exact) mass is 283 g/mol. The summed E-state index contributed by atoms with van der Waals surface area (Å²) in [5.41, 5.74) is 7.10. The van der Waals surface area contributed by atoms with Crippen LogP contribution in [0.4, 0.5) is 11.4 Å². The van der Waals surface area contributed by atoms with Crippen LogP contribution in [0.3, 0.4) is 0 Å². The van der Waals surface area contributed by atoms with Gasteiger partial charge in [0.05, 0.1) is 17.9 Å². The first-order chi connectivity index (χ1) is 8.65. The maximum Gasteiger partial charge on any atom is 0.238 e. The number of amides is 1. The molecule has 0 bridgehead atoms. The maximum absolute atomic E-state index is 11.9. The first-order valence-corrected chi connectivity index (χ1v) is 6.52. The van der Waals surface area contributed by atoms with E-state index < -0.39 is 0 Å². The summed E-state index contributed by atoms with van der Waals surface area (Å²) in [6.45, 7) is 4.75. The molecular weight excluding hydrogens is 262 g/mol. The first kappa shape index (κ1) is 15.8. The lowest BCUT2D eigenvalue weighted by molar-refractivity contribution is -0.117. The summed E-state index contributed by atoms with van der Waals surface area (Å²) < 4.78 is 0. The average Bonchev–Trinajstić information content (AvgIpc) is 2.35. The van der Waals surface area contributed by atoms with Gasteiger partial charge in [-0.2, -0.15) is 0 Å². The van der Waals surface area contributed by atoms with Crippen LogP contribution in [0.15, 0.2) is 24.3 Å². The van der Waals surface area contributed by atoms with Gasteiger partial charge in [0.15, 0.2) is 0 Å². The Morgan fingerprint density at radius 3 is 2.63 bits per heavy atom. The molecule has 3 N–H and O–H groups in total. The van der Waals surface area contributed by atoms with Gasteiger partial charge in [-0.3, -0.25) is 9.69 Å². The molecule has 0 unspecified atom stereocenters. The number of anilines is 2. The number of benzene rings is 1. The van der Waals surface area contributed by atoms with E-state index in [0.29, 0.717) is 17.9 Å². The van der Waals surface area contributed by atoms with Gasteiger partial charge in [0.2, 0.25) is 5.91 Å². The van der Waals surface area contributed by atoms with Crippen LogP contribution in [-0.4, -0.2) is 30.4 Å². The van der Waals surface area contributed by atoms with Crippen LogP contribution < -0.4 is 11.1 Å². The number of nitrogens with one attached hydrogen (secondary N) is 1. The van der Waals surface area contributed by atoms with Gasteiger partial charge in [0, 0.05) is 0 Å². The maximum atomic E-state index is 11.9. The second-order valence-electron chi connectivity index (χ2n) is 5.09. The van der Waals surface area contributed by atoms with E-state index in [0.717, 1.165) is 19.0 Å². The van der Waals surface area contributed by atoms with Gasteiger partial charge in [-0.15, -0.1) is 12.4 Å². The highest BCUT2D eigenvalue weighted by molar-refractivity contribution is 5.95. The lowest BCUT2D eigenvalue weighted by atomic mass is 9.99. The Labute approximate surface area is 120 Å². The van der Waals surface area contributed by atoms with Crippen LogP contribution in [0.25, 0.3) is 0 Å². The van der Waals surface area contributed by atoms with Crippen molar-refractivity contribution in [2.75, 3.05) is 30.7 Å². The fourth-order valence-corrected chi connectivity index (χ4v) is 2.22. The van der Waals surface area contributed by atoms with E-state index in [-0.39, 0.29) is 18.3 Å². The molecule has 1 fully saturated rings. The molecule has 19 heavy (non-hydrogen) atoms. The number of nitrogens with zero attached hydrogens (tertiary/aromatic N) is 1. The number of rotatable bonds is 3. The zero-order valence-corrected chi connectivity index (χ0v) is 12.1. The van der Waals surface area contributed by atoms with Crippen molar-refractivity contribution in [1.29, 1.82) is 0 Å². The molecule has 1 heterocycles. The third kappa shape index (κ3) is 4.73. The summed E-state index contributed by atoms with van der Waals surface area (Å²) in [5, 5.41) is 2.86. The number of nitrogen functional groups attached to an aromatic ring is 1. The van der Waals surface area contributed by atoms with E-state index in [4.69, 9.17) is 5.73 Å². The fraction of sp³-hybridized carbons (Fsp3) is 0.500. The highest BCUT2D eigenvalue weighted by Crippen LogP contribution is 2.18. The van der Waals surface area contributed by atoms with Gasteiger partial charge in [-0.05, 0) is 44.0 Å². The van der Waals surface area contributed by atoms with E-state index in [1.54, 1.807) is 6.07 Å². The smallest absolute Gasteiger partial charge is 0.238 e. The lowest BCUT2D eigenvalue weighted by Gasteiger charge is -2.29. The predicted octanol–water partition coefficient (Wildman–Crippen LogP) is 2.36. The Bertz CT molecular complexity index is 417. The molecule has 1 aromatic carbocycles. The van der Waals surface area contributed by atoms with Gasteiger partial charge < -0.3 is 11.1 Å². The Morgan fingerprint density at radius 1 is 1.37 bits per heavy atom. The Morgan fingerprint density at radius 2 is 2.00 bits per heavy atom. The van der Waals surface area contributed by atoms with E-state index in [1.165, 1.54) is 12.8 Å². The Balaban J connectivity index is 0.00000180. The van der Waals surface area contributed by atoms with Crippen LogP contribution in [-0.2, 0) is 4.79 Å². The van der Waals surface area contributed by atoms with E-state index in [2.05, 4.69) is 17.1 Å². The van der Waals surface area contributed by atoms with Crippen LogP contribution >= 0.6 is 12.4 Å². The normalized spacial score (nSPS) is 16.7. The zero-order chi connectivity index (χ0) is 13.0. The van der Waals surface area contributed by atoms with E-state index in [1.807, 2.05) is 18.2 Å². The summed E-state index contributed by atoms with van der Waals surface area (Å²) in [4.78, 5) is 14.1. The number of hydrogen-bond donors (Lipinski definition) is 2. The number of likely N-dealkylation sites (tertiary alicyclic amines) is 1. The summed E-state index contributed by atoms with van der Waals surface area (Å²) in [6, 6.07) is 7.34. The molecule has 0 spiro atoms. The van der Waals surface area contributed by atoms with Gasteiger partial charge in [-0.1, -0.05) is 19.1 Å². The van der Waals surface area contributed by atoms with Crippen molar-refractivity contribution in [3.63, 3.8) is 0 Å². The standard InChI is InChI=1S/C14H21N3O.ClH/c1-11-6-8-17(9-7-11)10-14(18)16-13-5-3-2-4-12(13)15;/h2-5,11H,6-10,15H2,1H3,(H,16,18);1H. The molecule has 4 nitrogen and oxygen atoms in total.